The maximum absolute atomic E-state index is 11.5. The largest absolute Gasteiger partial charge is 0.465 e. The average Bonchev–Trinajstić information content (AvgIpc) is 2.76. The smallest absolute Gasteiger partial charge is 0.407 e. The van der Waals surface area contributed by atoms with Gasteiger partial charge in [0.1, 0.15) is 11.4 Å². The van der Waals surface area contributed by atoms with Crippen molar-refractivity contribution in [3.8, 4) is 0 Å². The van der Waals surface area contributed by atoms with E-state index in [4.69, 9.17) is 14.9 Å². The van der Waals surface area contributed by atoms with Crippen molar-refractivity contribution in [2.45, 2.75) is 45.8 Å². The molecule has 1 heterocycles. The summed E-state index contributed by atoms with van der Waals surface area (Å²) in [5, 5.41) is 2.67. The molecule has 5 nitrogen and oxygen atoms in total. The van der Waals surface area contributed by atoms with E-state index < -0.39 is 11.7 Å². The van der Waals surface area contributed by atoms with E-state index in [1.54, 1.807) is 6.26 Å². The van der Waals surface area contributed by atoms with E-state index in [2.05, 4.69) is 5.32 Å². The molecule has 0 spiro atoms. The summed E-state index contributed by atoms with van der Waals surface area (Å²) in [5.74, 6) is 0.801. The van der Waals surface area contributed by atoms with Crippen molar-refractivity contribution in [3.63, 3.8) is 0 Å². The van der Waals surface area contributed by atoms with Gasteiger partial charge in [-0.25, -0.2) is 4.79 Å². The summed E-state index contributed by atoms with van der Waals surface area (Å²) in [6, 6.07) is 3.56. The SMILES string of the molecule is C/C(=C/c1ccco1)CC(N)CNC(=O)OC(C)(C)C. The molecular weight excluding hydrogens is 256 g/mol. The number of carbonyl (C=O) groups excluding carboxylic acids is 1. The van der Waals surface area contributed by atoms with Gasteiger partial charge in [-0.05, 0) is 52.3 Å². The van der Waals surface area contributed by atoms with Crippen LogP contribution in [0.25, 0.3) is 6.08 Å². The minimum Gasteiger partial charge on any atom is -0.465 e. The van der Waals surface area contributed by atoms with Crippen LogP contribution in [-0.2, 0) is 4.74 Å². The zero-order valence-corrected chi connectivity index (χ0v) is 12.6. The molecule has 1 rings (SSSR count). The number of nitrogens with one attached hydrogen (secondary N) is 1. The van der Waals surface area contributed by atoms with Crippen LogP contribution >= 0.6 is 0 Å². The number of rotatable bonds is 5. The first-order valence-electron chi connectivity index (χ1n) is 6.69. The maximum atomic E-state index is 11.5. The monoisotopic (exact) mass is 280 g/mol. The van der Waals surface area contributed by atoms with Gasteiger partial charge in [0.2, 0.25) is 0 Å². The first kappa shape index (κ1) is 16.3. The Bertz CT molecular complexity index is 444. The summed E-state index contributed by atoms with van der Waals surface area (Å²) in [6.07, 6.45) is 3.80. The highest BCUT2D eigenvalue weighted by atomic mass is 16.6. The molecule has 3 N–H and O–H groups in total. The van der Waals surface area contributed by atoms with Gasteiger partial charge in [-0.15, -0.1) is 0 Å². The Morgan fingerprint density at radius 2 is 2.25 bits per heavy atom. The highest BCUT2D eigenvalue weighted by molar-refractivity contribution is 5.67. The van der Waals surface area contributed by atoms with Crippen LogP contribution in [0.4, 0.5) is 4.79 Å². The number of nitrogens with two attached hydrogens (primary N) is 1. The molecule has 0 saturated heterocycles. The molecule has 1 amide bonds. The van der Waals surface area contributed by atoms with Crippen LogP contribution in [0.5, 0.6) is 0 Å². The molecule has 112 valence electrons. The van der Waals surface area contributed by atoms with Crippen molar-refractivity contribution < 1.29 is 13.9 Å². The van der Waals surface area contributed by atoms with Gasteiger partial charge in [-0.1, -0.05) is 5.57 Å². The third-order valence-electron chi connectivity index (χ3n) is 2.42. The molecule has 0 fully saturated rings. The Labute approximate surface area is 120 Å². The number of furan rings is 1. The summed E-state index contributed by atoms with van der Waals surface area (Å²) in [5.41, 5.74) is 6.57. The summed E-state index contributed by atoms with van der Waals surface area (Å²) < 4.78 is 10.4. The van der Waals surface area contributed by atoms with Crippen LogP contribution < -0.4 is 11.1 Å². The van der Waals surface area contributed by atoms with Crippen molar-refractivity contribution in [2.75, 3.05) is 6.54 Å². The predicted octanol–water partition coefficient (Wildman–Crippen LogP) is 2.93. The molecule has 0 aliphatic carbocycles. The van der Waals surface area contributed by atoms with Crippen LogP contribution in [-0.4, -0.2) is 24.3 Å². The molecule has 0 aromatic carbocycles. The standard InChI is InChI=1S/C15H24N2O3/c1-11(9-13-6-5-7-19-13)8-12(16)10-17-14(18)20-15(2,3)4/h5-7,9,12H,8,10,16H2,1-4H3,(H,17,18)/b11-9-. The topological polar surface area (TPSA) is 77.5 Å². The van der Waals surface area contributed by atoms with Crippen LogP contribution in [0.1, 0.15) is 39.9 Å². The Balaban J connectivity index is 2.33. The maximum Gasteiger partial charge on any atom is 0.407 e. The quantitative estimate of drug-likeness (QED) is 0.869. The van der Waals surface area contributed by atoms with E-state index in [-0.39, 0.29) is 6.04 Å². The predicted molar refractivity (Wildman–Crippen MR) is 79.2 cm³/mol. The minimum absolute atomic E-state index is 0.159. The number of hydrogen-bond acceptors (Lipinski definition) is 4. The van der Waals surface area contributed by atoms with Crippen molar-refractivity contribution >= 4 is 12.2 Å². The fraction of sp³-hybridized carbons (Fsp3) is 0.533. The Morgan fingerprint density at radius 3 is 2.80 bits per heavy atom. The summed E-state index contributed by atoms with van der Waals surface area (Å²) >= 11 is 0. The fourth-order valence-corrected chi connectivity index (χ4v) is 1.69. The Morgan fingerprint density at radius 1 is 1.55 bits per heavy atom. The molecule has 1 aromatic rings. The second kappa shape index (κ2) is 7.14. The second-order valence-corrected chi connectivity index (χ2v) is 5.85. The average molecular weight is 280 g/mol. The molecule has 0 saturated carbocycles. The Kier molecular flexibility index (Phi) is 5.82. The minimum atomic E-state index is -0.497. The third kappa shape index (κ3) is 6.99. The first-order chi connectivity index (χ1) is 9.26. The molecule has 1 unspecified atom stereocenters. The van der Waals surface area contributed by atoms with Crippen LogP contribution in [0.2, 0.25) is 0 Å². The number of amides is 1. The number of alkyl carbamates (subject to hydrolysis) is 1. The number of hydrogen-bond donors (Lipinski definition) is 2. The molecule has 0 aliphatic rings. The fourth-order valence-electron chi connectivity index (χ4n) is 1.69. The second-order valence-electron chi connectivity index (χ2n) is 5.85. The first-order valence-corrected chi connectivity index (χ1v) is 6.69. The van der Waals surface area contributed by atoms with E-state index in [1.807, 2.05) is 45.9 Å². The molecule has 0 aliphatic heterocycles. The summed E-state index contributed by atoms with van der Waals surface area (Å²) in [6.45, 7) is 7.82. The van der Waals surface area contributed by atoms with Crippen LogP contribution in [0, 0.1) is 0 Å². The van der Waals surface area contributed by atoms with Gasteiger partial charge in [0.05, 0.1) is 6.26 Å². The zero-order valence-electron chi connectivity index (χ0n) is 12.6. The van der Waals surface area contributed by atoms with E-state index >= 15 is 0 Å². The number of ether oxygens (including phenoxy) is 1. The van der Waals surface area contributed by atoms with Gasteiger partial charge >= 0.3 is 6.09 Å². The van der Waals surface area contributed by atoms with Gasteiger partial charge in [-0.2, -0.15) is 0 Å². The number of carbonyl (C=O) groups is 1. The molecular formula is C15H24N2O3. The molecule has 1 aromatic heterocycles. The molecule has 5 heteroatoms. The van der Waals surface area contributed by atoms with Gasteiger partial charge in [0.25, 0.3) is 0 Å². The van der Waals surface area contributed by atoms with Crippen molar-refractivity contribution in [1.29, 1.82) is 0 Å². The lowest BCUT2D eigenvalue weighted by Gasteiger charge is -2.20. The third-order valence-corrected chi connectivity index (χ3v) is 2.42. The van der Waals surface area contributed by atoms with Crippen molar-refractivity contribution in [1.82, 2.24) is 5.32 Å². The van der Waals surface area contributed by atoms with E-state index in [9.17, 15) is 4.79 Å². The summed E-state index contributed by atoms with van der Waals surface area (Å²) in [4.78, 5) is 11.5. The van der Waals surface area contributed by atoms with Crippen LogP contribution in [0.15, 0.2) is 28.4 Å². The lowest BCUT2D eigenvalue weighted by Crippen LogP contribution is -2.40. The molecule has 1 atom stereocenters. The van der Waals surface area contributed by atoms with Crippen LogP contribution in [0.3, 0.4) is 0 Å². The molecule has 20 heavy (non-hydrogen) atoms. The molecule has 0 bridgehead atoms. The Hall–Kier alpha value is -1.75. The van der Waals surface area contributed by atoms with E-state index in [0.29, 0.717) is 13.0 Å². The van der Waals surface area contributed by atoms with E-state index in [1.165, 1.54) is 0 Å². The lowest BCUT2D eigenvalue weighted by atomic mass is 10.1. The van der Waals surface area contributed by atoms with Crippen molar-refractivity contribution in [3.05, 3.63) is 29.7 Å². The zero-order chi connectivity index (χ0) is 15.2. The van der Waals surface area contributed by atoms with Gasteiger partial charge in [-0.3, -0.25) is 0 Å². The van der Waals surface area contributed by atoms with Gasteiger partial charge in [0.15, 0.2) is 0 Å². The van der Waals surface area contributed by atoms with Gasteiger partial charge < -0.3 is 20.2 Å². The van der Waals surface area contributed by atoms with Crippen molar-refractivity contribution in [2.24, 2.45) is 5.73 Å². The van der Waals surface area contributed by atoms with E-state index in [0.717, 1.165) is 11.3 Å². The normalized spacial score (nSPS) is 13.9. The lowest BCUT2D eigenvalue weighted by molar-refractivity contribution is 0.0524. The molecule has 0 radical (unpaired) electrons. The van der Waals surface area contributed by atoms with Gasteiger partial charge in [0, 0.05) is 12.6 Å². The highest BCUT2D eigenvalue weighted by Gasteiger charge is 2.16. The highest BCUT2D eigenvalue weighted by Crippen LogP contribution is 2.11. The summed E-state index contributed by atoms with van der Waals surface area (Å²) in [7, 11) is 0.